The van der Waals surface area contributed by atoms with Crippen LogP contribution in [0, 0.1) is 0 Å². The zero-order valence-corrected chi connectivity index (χ0v) is 21.4. The third-order valence-electron chi connectivity index (χ3n) is 7.20. The zero-order valence-electron chi connectivity index (χ0n) is 20.7. The Morgan fingerprint density at radius 2 is 2.08 bits per heavy atom. The van der Waals surface area contributed by atoms with E-state index in [4.69, 9.17) is 21.1 Å². The van der Waals surface area contributed by atoms with E-state index in [9.17, 15) is 4.79 Å². The lowest BCUT2D eigenvalue weighted by atomic mass is 10.1. The van der Waals surface area contributed by atoms with Crippen LogP contribution in [0.3, 0.4) is 0 Å². The number of anilines is 2. The number of imidazole rings is 1. The van der Waals surface area contributed by atoms with Crippen molar-refractivity contribution in [2.24, 2.45) is 7.05 Å². The number of nitrogens with one attached hydrogen (secondary N) is 1. The summed E-state index contributed by atoms with van der Waals surface area (Å²) in [6, 6.07) is 1.98. The van der Waals surface area contributed by atoms with Crippen molar-refractivity contribution in [3.8, 4) is 11.5 Å². The molecule has 0 bridgehead atoms. The first kappa shape index (κ1) is 23.2. The average Bonchev–Trinajstić information content (AvgIpc) is 3.64. The molecule has 7 rings (SSSR count). The van der Waals surface area contributed by atoms with Gasteiger partial charge < -0.3 is 23.9 Å². The topological polar surface area (TPSA) is 113 Å². The van der Waals surface area contributed by atoms with Crippen molar-refractivity contribution in [2.45, 2.75) is 37.6 Å². The number of nitrogens with zero attached hydrogens (tertiary/aromatic N) is 7. The number of rotatable bonds is 6. The first-order valence-corrected chi connectivity index (χ1v) is 13.0. The van der Waals surface area contributed by atoms with E-state index >= 15 is 0 Å². The SMILES string of the molecule is Cn1c(Nc2cc(C3CC3)cn([C@@H]3CCCOC3)c2=O)nc2ncc(Oc3cnn4ccncc34)c(Cl)c21. The highest BCUT2D eigenvalue weighted by Gasteiger charge is 2.28. The monoisotopic (exact) mass is 532 g/mol. The summed E-state index contributed by atoms with van der Waals surface area (Å²) in [5.41, 5.74) is 3.26. The molecule has 0 aromatic carbocycles. The molecule has 0 unspecified atom stereocenters. The Kier molecular flexibility index (Phi) is 5.55. The Bertz CT molecular complexity index is 1730. The van der Waals surface area contributed by atoms with Crippen LogP contribution in [-0.4, -0.2) is 46.9 Å². The minimum atomic E-state index is -0.0956. The van der Waals surface area contributed by atoms with E-state index in [1.54, 1.807) is 33.9 Å². The second kappa shape index (κ2) is 9.10. The highest BCUT2D eigenvalue weighted by Crippen LogP contribution is 2.41. The number of aromatic nitrogens is 7. The number of fused-ring (bicyclic) bond motifs is 2. The number of hydrogen-bond donors (Lipinski definition) is 1. The quantitative estimate of drug-likeness (QED) is 0.338. The molecular formula is C26H25ClN8O3. The molecular weight excluding hydrogens is 508 g/mol. The van der Waals surface area contributed by atoms with E-state index in [0.717, 1.165) is 37.9 Å². The van der Waals surface area contributed by atoms with E-state index in [1.165, 1.54) is 6.20 Å². The zero-order chi connectivity index (χ0) is 25.8. The van der Waals surface area contributed by atoms with Gasteiger partial charge in [-0.1, -0.05) is 11.6 Å². The van der Waals surface area contributed by atoms with Crippen LogP contribution in [0.5, 0.6) is 11.5 Å². The first-order chi connectivity index (χ1) is 18.6. The molecule has 5 aromatic heterocycles. The van der Waals surface area contributed by atoms with Crippen LogP contribution in [0.4, 0.5) is 11.6 Å². The molecule has 2 aliphatic rings. The maximum absolute atomic E-state index is 13.5. The van der Waals surface area contributed by atoms with Gasteiger partial charge in [0.25, 0.3) is 5.56 Å². The Balaban J connectivity index is 1.25. The summed E-state index contributed by atoms with van der Waals surface area (Å²) in [4.78, 5) is 26.8. The summed E-state index contributed by atoms with van der Waals surface area (Å²) in [5, 5.41) is 7.89. The van der Waals surface area contributed by atoms with Gasteiger partial charge in [0.2, 0.25) is 5.95 Å². The molecule has 1 saturated carbocycles. The van der Waals surface area contributed by atoms with Gasteiger partial charge >= 0.3 is 0 Å². The molecule has 11 nitrogen and oxygen atoms in total. The maximum atomic E-state index is 13.5. The minimum absolute atomic E-state index is 0.0295. The number of ether oxygens (including phenoxy) is 2. The van der Waals surface area contributed by atoms with Crippen molar-refractivity contribution in [1.82, 2.24) is 33.7 Å². The van der Waals surface area contributed by atoms with Crippen LogP contribution < -0.4 is 15.6 Å². The summed E-state index contributed by atoms with van der Waals surface area (Å²) >= 11 is 6.79. The number of pyridine rings is 2. The van der Waals surface area contributed by atoms with E-state index < -0.39 is 0 Å². The van der Waals surface area contributed by atoms with Crippen LogP contribution in [0.2, 0.25) is 5.02 Å². The molecule has 0 radical (unpaired) electrons. The Morgan fingerprint density at radius 3 is 2.89 bits per heavy atom. The first-order valence-electron chi connectivity index (χ1n) is 12.6. The lowest BCUT2D eigenvalue weighted by molar-refractivity contribution is 0.0580. The smallest absolute Gasteiger partial charge is 0.274 e. The van der Waals surface area contributed by atoms with Crippen molar-refractivity contribution in [2.75, 3.05) is 18.5 Å². The molecule has 1 aliphatic heterocycles. The van der Waals surface area contributed by atoms with Crippen LogP contribution in [0.15, 0.2) is 48.0 Å². The molecule has 0 amide bonds. The van der Waals surface area contributed by atoms with Gasteiger partial charge in [0.05, 0.1) is 31.2 Å². The van der Waals surface area contributed by atoms with E-state index in [0.29, 0.717) is 57.4 Å². The van der Waals surface area contributed by atoms with Gasteiger partial charge in [-0.2, -0.15) is 10.1 Å². The Labute approximate surface area is 222 Å². The highest BCUT2D eigenvalue weighted by molar-refractivity contribution is 6.36. The van der Waals surface area contributed by atoms with Gasteiger partial charge in [-0.25, -0.2) is 9.50 Å². The van der Waals surface area contributed by atoms with E-state index in [-0.39, 0.29) is 11.6 Å². The fraction of sp³-hybridized carbons (Fsp3) is 0.346. The molecule has 2 fully saturated rings. The van der Waals surface area contributed by atoms with Gasteiger partial charge in [0.15, 0.2) is 17.1 Å². The molecule has 5 aromatic rings. The Hall–Kier alpha value is -3.96. The lowest BCUT2D eigenvalue weighted by Crippen LogP contribution is -2.31. The molecule has 1 N–H and O–H groups in total. The van der Waals surface area contributed by atoms with Crippen LogP contribution >= 0.6 is 11.6 Å². The molecule has 1 saturated heterocycles. The largest absolute Gasteiger partial charge is 0.450 e. The van der Waals surface area contributed by atoms with Gasteiger partial charge in [0.1, 0.15) is 21.7 Å². The van der Waals surface area contributed by atoms with Crippen molar-refractivity contribution >= 4 is 39.9 Å². The normalized spacial score (nSPS) is 17.8. The number of halogens is 1. The summed E-state index contributed by atoms with van der Waals surface area (Å²) in [6.45, 7) is 1.29. The number of aryl methyl sites for hydroxylation is 1. The van der Waals surface area contributed by atoms with Crippen LogP contribution in [0.1, 0.15) is 43.2 Å². The third kappa shape index (κ3) is 3.98. The lowest BCUT2D eigenvalue weighted by Gasteiger charge is -2.25. The molecule has 12 heteroatoms. The average molecular weight is 533 g/mol. The molecule has 1 aliphatic carbocycles. The van der Waals surface area contributed by atoms with Crippen molar-refractivity contribution in [3.63, 3.8) is 0 Å². The van der Waals surface area contributed by atoms with Crippen molar-refractivity contribution < 1.29 is 9.47 Å². The summed E-state index contributed by atoms with van der Waals surface area (Å²) in [7, 11) is 1.83. The Morgan fingerprint density at radius 1 is 1.18 bits per heavy atom. The second-order valence-electron chi connectivity index (χ2n) is 9.79. The number of hydrogen-bond acceptors (Lipinski definition) is 8. The fourth-order valence-corrected chi connectivity index (χ4v) is 5.29. The maximum Gasteiger partial charge on any atom is 0.274 e. The van der Waals surface area contributed by atoms with Gasteiger partial charge in [0, 0.05) is 32.2 Å². The van der Waals surface area contributed by atoms with Crippen LogP contribution in [-0.2, 0) is 11.8 Å². The van der Waals surface area contributed by atoms with Crippen molar-refractivity contribution in [1.29, 1.82) is 0 Å². The van der Waals surface area contributed by atoms with E-state index in [2.05, 4.69) is 25.4 Å². The van der Waals surface area contributed by atoms with Gasteiger partial charge in [-0.05, 0) is 43.2 Å². The van der Waals surface area contributed by atoms with Crippen molar-refractivity contribution in [3.05, 3.63) is 64.2 Å². The molecule has 0 spiro atoms. The fourth-order valence-electron chi connectivity index (χ4n) is 4.99. The summed E-state index contributed by atoms with van der Waals surface area (Å²) in [6.07, 6.45) is 14.3. The molecule has 6 heterocycles. The van der Waals surface area contributed by atoms with E-state index in [1.807, 2.05) is 23.9 Å². The molecule has 1 atom stereocenters. The predicted octanol–water partition coefficient (Wildman–Crippen LogP) is 4.59. The van der Waals surface area contributed by atoms with Gasteiger partial charge in [-0.3, -0.25) is 9.78 Å². The molecule has 194 valence electrons. The standard InChI is InChI=1S/C26H25ClN8O3/c1-33-23-22(27)21(38-20-12-30-35-7-6-28-10-19(20)35)11-29-24(23)32-26(33)31-18-9-16(15-4-5-15)13-34(25(18)36)17-3-2-8-37-14-17/h6-7,9-13,15,17H,2-5,8,14H2,1H3,(H,29,31,32)/t17-/m1/s1. The minimum Gasteiger partial charge on any atom is -0.450 e. The molecule has 38 heavy (non-hydrogen) atoms. The van der Waals surface area contributed by atoms with Crippen LogP contribution in [0.25, 0.3) is 16.7 Å². The highest BCUT2D eigenvalue weighted by atomic mass is 35.5. The second-order valence-corrected chi connectivity index (χ2v) is 10.2. The van der Waals surface area contributed by atoms with Gasteiger partial charge in [-0.15, -0.1) is 0 Å². The third-order valence-corrected chi connectivity index (χ3v) is 7.57. The summed E-state index contributed by atoms with van der Waals surface area (Å²) < 4.78 is 17.0. The summed E-state index contributed by atoms with van der Waals surface area (Å²) in [5.74, 6) is 1.81. The predicted molar refractivity (Wildman–Crippen MR) is 142 cm³/mol.